The average Bonchev–Trinajstić information content (AvgIpc) is 3.89. The summed E-state index contributed by atoms with van der Waals surface area (Å²) in [6, 6.07) is 17.1. The highest BCUT2D eigenvalue weighted by Crippen LogP contribution is 2.42. The van der Waals surface area contributed by atoms with Crippen LogP contribution >= 0.6 is 127 Å². The van der Waals surface area contributed by atoms with Crippen LogP contribution in [0.25, 0.3) is 22.3 Å². The fourth-order valence-corrected chi connectivity index (χ4v) is 11.5. The molecule has 0 saturated carbocycles. The quantitative estimate of drug-likeness (QED) is 0.131. The molecule has 0 spiro atoms. The first-order chi connectivity index (χ1) is 28.7. The first-order valence-electron chi connectivity index (χ1n) is 18.3. The molecule has 8 bridgehead atoms. The Morgan fingerprint density at radius 2 is 0.467 bits per heavy atom. The number of nitrogens with one attached hydrogen (secondary N) is 4. The minimum atomic E-state index is 0.870. The first kappa shape index (κ1) is 42.3. The second-order valence-electron chi connectivity index (χ2n) is 14.5. The average molecular weight is 1310 g/mol. The molecule has 8 aromatic rings. The standard InChI is InChI=1S/C44H30Br8N8/c1-57-13-5-21(6-14-57)25-37-29(45)31(47)39(53-37)26(22-7-15-58(2)16-8-22)41-33(49)35(51)43(55-41)28(24-11-19-60(4)20-12-24)44-36(52)34(50)42(56-44)27(23-9-17-59(3)18-10-23)40-32(48)30(46)38(25)54-40/h5-20H,1-4H3,(H2,53,54,55,56)/q+2/p+2. The van der Waals surface area contributed by atoms with Gasteiger partial charge in [0.1, 0.15) is 28.2 Å². The summed E-state index contributed by atoms with van der Waals surface area (Å²) in [5.41, 5.74) is 11.3. The zero-order valence-corrected chi connectivity index (χ0v) is 44.7. The normalized spacial score (nSPS) is 12.9. The Bertz CT molecular complexity index is 2870. The van der Waals surface area contributed by atoms with Crippen LogP contribution in [0.1, 0.15) is 45.0 Å². The molecular formula is C44H32Br8N8+4. The minimum Gasteiger partial charge on any atom is -0.352 e. The molecule has 60 heavy (non-hydrogen) atoms. The van der Waals surface area contributed by atoms with Crippen molar-refractivity contribution in [2.75, 3.05) is 0 Å². The molecule has 9 rings (SSSR count). The monoisotopic (exact) mass is 1300 g/mol. The maximum absolute atomic E-state index is 4.08. The van der Waals surface area contributed by atoms with Gasteiger partial charge in [-0.3, -0.25) is 0 Å². The lowest BCUT2D eigenvalue weighted by Gasteiger charge is -2.09. The predicted molar refractivity (Wildman–Crippen MR) is 260 cm³/mol. The van der Waals surface area contributed by atoms with Gasteiger partial charge in [-0.05, 0) is 150 Å². The Kier molecular flexibility index (Phi) is 11.7. The SMILES string of the molecule is C[n+]1ccc(C2=c3[nH]c(c(Br)c3Br)=C(c3cc[n+](C)cc3)c3[nH]c(c(Br)c3Br)C(c3cc[n+](C)cc3)=c3[nH]c(c(Br)c3Br)=C(c3cc[n+](C)cc3)c3[nH]c2c(Br)c3Br)cc1. The number of aromatic nitrogens is 8. The topological polar surface area (TPSA) is 78.7 Å². The fourth-order valence-electron chi connectivity index (χ4n) is 7.52. The summed E-state index contributed by atoms with van der Waals surface area (Å²) < 4.78 is 15.1. The maximum atomic E-state index is 4.08. The van der Waals surface area contributed by atoms with Crippen molar-refractivity contribution in [3.63, 3.8) is 0 Å². The van der Waals surface area contributed by atoms with Crippen LogP contribution in [0.3, 0.4) is 0 Å². The van der Waals surface area contributed by atoms with E-state index in [0.29, 0.717) is 0 Å². The number of aromatic amines is 4. The van der Waals surface area contributed by atoms with E-state index in [1.54, 1.807) is 0 Å². The summed E-state index contributed by atoms with van der Waals surface area (Å²) in [4.78, 5) is 15.7. The lowest BCUT2D eigenvalue weighted by atomic mass is 10.0. The minimum absolute atomic E-state index is 0.870. The fraction of sp³-hybridized carbons (Fsp3) is 0.0909. The van der Waals surface area contributed by atoms with Crippen molar-refractivity contribution in [1.82, 2.24) is 19.9 Å². The van der Waals surface area contributed by atoms with Crippen molar-refractivity contribution < 1.29 is 18.3 Å². The molecule has 0 saturated heterocycles. The van der Waals surface area contributed by atoms with E-state index < -0.39 is 0 Å². The number of hydrogen-bond donors (Lipinski definition) is 4. The largest absolute Gasteiger partial charge is 0.352 e. The van der Waals surface area contributed by atoms with Gasteiger partial charge in [0.2, 0.25) is 0 Å². The van der Waals surface area contributed by atoms with E-state index in [1.807, 2.05) is 46.5 Å². The van der Waals surface area contributed by atoms with E-state index in [1.165, 1.54) is 0 Å². The van der Waals surface area contributed by atoms with Gasteiger partial charge in [0.25, 0.3) is 0 Å². The van der Waals surface area contributed by atoms with Crippen molar-refractivity contribution >= 4 is 150 Å². The highest BCUT2D eigenvalue weighted by Gasteiger charge is 2.29. The third-order valence-electron chi connectivity index (χ3n) is 10.6. The number of rotatable bonds is 4. The van der Waals surface area contributed by atoms with Gasteiger partial charge in [-0.1, -0.05) is 0 Å². The maximum Gasteiger partial charge on any atom is 0.169 e. The Labute approximate surface area is 411 Å². The number of fused-ring (bicyclic) bond motifs is 8. The van der Waals surface area contributed by atoms with E-state index in [-0.39, 0.29) is 0 Å². The highest BCUT2D eigenvalue weighted by molar-refractivity contribution is 9.14. The van der Waals surface area contributed by atoms with Crippen molar-refractivity contribution in [2.45, 2.75) is 0 Å². The summed E-state index contributed by atoms with van der Waals surface area (Å²) in [6.45, 7) is 0. The molecule has 300 valence electrons. The molecular weight excluding hydrogens is 1280 g/mol. The number of pyridine rings is 4. The lowest BCUT2D eigenvalue weighted by Crippen LogP contribution is -2.27. The van der Waals surface area contributed by atoms with Gasteiger partial charge in [-0.15, -0.1) is 0 Å². The molecule has 0 radical (unpaired) electrons. The molecule has 9 heterocycles. The predicted octanol–water partition coefficient (Wildman–Crippen LogP) is 7.70. The third-order valence-corrected chi connectivity index (χ3v) is 19.1. The lowest BCUT2D eigenvalue weighted by molar-refractivity contribution is -0.671. The molecule has 8 aromatic heterocycles. The summed E-state index contributed by atoms with van der Waals surface area (Å²) in [5.74, 6) is 0. The number of aryl methyl sites for hydroxylation is 4. The molecule has 8 nitrogen and oxygen atoms in total. The van der Waals surface area contributed by atoms with Crippen LogP contribution in [0.4, 0.5) is 0 Å². The van der Waals surface area contributed by atoms with Crippen LogP contribution in [0, 0.1) is 0 Å². The van der Waals surface area contributed by atoms with Crippen molar-refractivity contribution in [3.8, 4) is 0 Å². The van der Waals surface area contributed by atoms with Gasteiger partial charge >= 0.3 is 0 Å². The van der Waals surface area contributed by atoms with Crippen LogP contribution in [0.2, 0.25) is 0 Å². The number of H-pyrrole nitrogens is 4. The zero-order chi connectivity index (χ0) is 42.3. The third kappa shape index (κ3) is 7.24. The molecule has 0 amide bonds. The molecule has 0 unspecified atom stereocenters. The van der Waals surface area contributed by atoms with E-state index in [4.69, 9.17) is 0 Å². The molecule has 16 heteroatoms. The number of hydrogen-bond acceptors (Lipinski definition) is 0. The van der Waals surface area contributed by atoms with Gasteiger partial charge in [-0.25, -0.2) is 18.3 Å². The van der Waals surface area contributed by atoms with E-state index in [0.717, 1.165) is 125 Å². The van der Waals surface area contributed by atoms with E-state index in [2.05, 4.69) is 245 Å². The van der Waals surface area contributed by atoms with E-state index >= 15 is 0 Å². The summed E-state index contributed by atoms with van der Waals surface area (Å²) in [6.07, 6.45) is 16.5. The van der Waals surface area contributed by atoms with Gasteiger partial charge < -0.3 is 19.9 Å². The van der Waals surface area contributed by atoms with Gasteiger partial charge in [0, 0.05) is 70.8 Å². The van der Waals surface area contributed by atoms with Crippen LogP contribution < -0.4 is 39.7 Å². The van der Waals surface area contributed by atoms with Gasteiger partial charge in [-0.2, -0.15) is 0 Å². The molecule has 1 aliphatic rings. The summed E-state index contributed by atoms with van der Waals surface area (Å²) in [7, 11) is 8.10. The Morgan fingerprint density at radius 3 is 0.650 bits per heavy atom. The second-order valence-corrected chi connectivity index (χ2v) is 20.9. The van der Waals surface area contributed by atoms with Crippen LogP contribution in [0.15, 0.2) is 134 Å². The van der Waals surface area contributed by atoms with E-state index in [9.17, 15) is 0 Å². The van der Waals surface area contributed by atoms with Crippen LogP contribution in [0.5, 0.6) is 0 Å². The van der Waals surface area contributed by atoms with Gasteiger partial charge in [0.15, 0.2) is 49.6 Å². The zero-order valence-electron chi connectivity index (χ0n) is 32.1. The van der Waals surface area contributed by atoms with Crippen molar-refractivity contribution in [2.24, 2.45) is 28.2 Å². The Morgan fingerprint density at radius 1 is 0.283 bits per heavy atom. The van der Waals surface area contributed by atoms with Crippen LogP contribution in [-0.2, 0) is 28.2 Å². The van der Waals surface area contributed by atoms with Crippen molar-refractivity contribution in [3.05, 3.63) is 200 Å². The Balaban J connectivity index is 1.58. The molecule has 1 aliphatic heterocycles. The number of nitrogens with zero attached hydrogens (tertiary/aromatic N) is 4. The molecule has 0 atom stereocenters. The van der Waals surface area contributed by atoms with Crippen molar-refractivity contribution in [1.29, 1.82) is 0 Å². The highest BCUT2D eigenvalue weighted by atomic mass is 79.9. The smallest absolute Gasteiger partial charge is 0.169 e. The van der Waals surface area contributed by atoms with Crippen LogP contribution in [-0.4, -0.2) is 19.9 Å². The summed E-state index contributed by atoms with van der Waals surface area (Å²) >= 11 is 32.6. The second kappa shape index (κ2) is 16.6. The number of halogens is 8. The Hall–Kier alpha value is -2.96. The first-order valence-corrected chi connectivity index (χ1v) is 24.7. The molecule has 0 fully saturated rings. The molecule has 4 N–H and O–H groups in total. The molecule has 0 aliphatic carbocycles. The molecule has 0 aromatic carbocycles. The summed E-state index contributed by atoms with van der Waals surface area (Å²) in [5, 5.41) is 3.51. The van der Waals surface area contributed by atoms with Gasteiger partial charge in [0.05, 0.1) is 80.0 Å².